The lowest BCUT2D eigenvalue weighted by atomic mass is 10.1. The van der Waals surface area contributed by atoms with Gasteiger partial charge in [0, 0.05) is 6.04 Å². The molecule has 1 atom stereocenters. The maximum Gasteiger partial charge on any atom is 0.0436 e. The first-order valence-electron chi connectivity index (χ1n) is 3.84. The Hall–Kier alpha value is -0.720. The minimum absolute atomic E-state index is 0.414. The molecule has 0 rings (SSSR count). The summed E-state index contributed by atoms with van der Waals surface area (Å²) in [4.78, 5) is 0. The van der Waals surface area contributed by atoms with Gasteiger partial charge < -0.3 is 5.32 Å². The van der Waals surface area contributed by atoms with Crippen molar-refractivity contribution in [2.24, 2.45) is 0 Å². The molecule has 0 aliphatic rings. The minimum Gasteiger partial charge on any atom is -0.385 e. The molecule has 1 heteroatoms. The van der Waals surface area contributed by atoms with Gasteiger partial charge in [0.05, 0.1) is 0 Å². The van der Waals surface area contributed by atoms with E-state index in [2.05, 4.69) is 25.4 Å². The van der Waals surface area contributed by atoms with Crippen molar-refractivity contribution in [2.75, 3.05) is 0 Å². The summed E-state index contributed by atoms with van der Waals surface area (Å²) in [6.07, 6.45) is 7.30. The minimum atomic E-state index is 0.414. The first-order chi connectivity index (χ1) is 4.85. The van der Waals surface area contributed by atoms with Crippen molar-refractivity contribution in [3.05, 3.63) is 25.4 Å². The summed E-state index contributed by atoms with van der Waals surface area (Å²) in [5.74, 6) is 0. The van der Waals surface area contributed by atoms with Gasteiger partial charge in [-0.1, -0.05) is 32.4 Å². The highest BCUT2D eigenvalue weighted by atomic mass is 14.9. The van der Waals surface area contributed by atoms with Crippen molar-refractivity contribution in [3.8, 4) is 0 Å². The lowest BCUT2D eigenvalue weighted by Gasteiger charge is -2.10. The van der Waals surface area contributed by atoms with Gasteiger partial charge in [-0.2, -0.15) is 0 Å². The smallest absolute Gasteiger partial charge is 0.0436 e. The number of hydrogen-bond acceptors (Lipinski definition) is 1. The van der Waals surface area contributed by atoms with Crippen LogP contribution in [-0.2, 0) is 0 Å². The van der Waals surface area contributed by atoms with E-state index in [-0.39, 0.29) is 0 Å². The van der Waals surface area contributed by atoms with Crippen LogP contribution in [0.1, 0.15) is 26.2 Å². The van der Waals surface area contributed by atoms with Crippen molar-refractivity contribution >= 4 is 0 Å². The van der Waals surface area contributed by atoms with Crippen LogP contribution in [0.15, 0.2) is 25.4 Å². The van der Waals surface area contributed by atoms with Gasteiger partial charge in [-0.3, -0.25) is 0 Å². The molecule has 0 saturated carbocycles. The van der Waals surface area contributed by atoms with E-state index in [0.717, 1.165) is 6.42 Å². The van der Waals surface area contributed by atoms with Gasteiger partial charge in [0.2, 0.25) is 0 Å². The molecule has 0 heterocycles. The molecule has 0 aromatic rings. The van der Waals surface area contributed by atoms with Crippen LogP contribution in [0.5, 0.6) is 0 Å². The molecular weight excluding hydrogens is 122 g/mol. The van der Waals surface area contributed by atoms with Crippen LogP contribution >= 0.6 is 0 Å². The highest BCUT2D eigenvalue weighted by Crippen LogP contribution is 2.00. The van der Waals surface area contributed by atoms with Crippen molar-refractivity contribution in [1.82, 2.24) is 5.32 Å². The third-order valence-electron chi connectivity index (χ3n) is 1.49. The number of nitrogens with one attached hydrogen (secondary N) is 1. The summed E-state index contributed by atoms with van der Waals surface area (Å²) in [7, 11) is 0. The number of unbranched alkanes of at least 4 members (excludes halogenated alkanes) is 1. The zero-order valence-electron chi connectivity index (χ0n) is 6.77. The van der Waals surface area contributed by atoms with Gasteiger partial charge in [0.25, 0.3) is 0 Å². The molecule has 1 N–H and O–H groups in total. The largest absolute Gasteiger partial charge is 0.385 e. The molecule has 0 aromatic heterocycles. The van der Waals surface area contributed by atoms with Crippen molar-refractivity contribution in [3.63, 3.8) is 0 Å². The predicted molar refractivity (Wildman–Crippen MR) is 46.8 cm³/mol. The fourth-order valence-corrected chi connectivity index (χ4v) is 0.845. The molecule has 10 heavy (non-hydrogen) atoms. The molecule has 0 spiro atoms. The number of hydrogen-bond donors (Lipinski definition) is 1. The molecule has 58 valence electrons. The maximum absolute atomic E-state index is 3.72. The average Bonchev–Trinajstić information content (AvgIpc) is 1.98. The van der Waals surface area contributed by atoms with Gasteiger partial charge in [-0.25, -0.2) is 0 Å². The van der Waals surface area contributed by atoms with E-state index in [1.165, 1.54) is 12.8 Å². The zero-order chi connectivity index (χ0) is 7.82. The van der Waals surface area contributed by atoms with E-state index in [1.54, 1.807) is 6.20 Å². The molecule has 0 aromatic carbocycles. The van der Waals surface area contributed by atoms with Crippen LogP contribution in [-0.4, -0.2) is 6.04 Å². The Kier molecular flexibility index (Phi) is 5.94. The molecule has 0 fully saturated rings. The second-order valence-electron chi connectivity index (χ2n) is 2.36. The summed E-state index contributed by atoms with van der Waals surface area (Å²) in [5.41, 5.74) is 0. The second-order valence-corrected chi connectivity index (χ2v) is 2.36. The molecule has 0 saturated heterocycles. The Morgan fingerprint density at radius 1 is 1.50 bits per heavy atom. The number of rotatable bonds is 6. The monoisotopic (exact) mass is 139 g/mol. The van der Waals surface area contributed by atoms with Crippen LogP contribution in [0.25, 0.3) is 0 Å². The summed E-state index contributed by atoms with van der Waals surface area (Å²) >= 11 is 0. The first kappa shape index (κ1) is 9.28. The normalized spacial score (nSPS) is 12.1. The molecule has 0 amide bonds. The Morgan fingerprint density at radius 3 is 2.60 bits per heavy atom. The standard InChI is InChI=1S/C9H17N/c1-4-7-8-9(5-2)10-6-3/h5-6,9-10H,2-4,7-8H2,1H3. The second kappa shape index (κ2) is 6.40. The zero-order valence-corrected chi connectivity index (χ0v) is 6.77. The van der Waals surface area contributed by atoms with E-state index in [1.807, 2.05) is 6.08 Å². The summed E-state index contributed by atoms with van der Waals surface area (Å²) in [6, 6.07) is 0.414. The molecule has 0 bridgehead atoms. The summed E-state index contributed by atoms with van der Waals surface area (Å²) < 4.78 is 0. The van der Waals surface area contributed by atoms with E-state index in [0.29, 0.717) is 6.04 Å². The van der Waals surface area contributed by atoms with E-state index in [4.69, 9.17) is 0 Å². The maximum atomic E-state index is 3.72. The fraction of sp³-hybridized carbons (Fsp3) is 0.556. The van der Waals surface area contributed by atoms with Crippen LogP contribution in [0.3, 0.4) is 0 Å². The SMILES string of the molecule is C=CNC(C=C)CCCC. The van der Waals surface area contributed by atoms with Crippen molar-refractivity contribution < 1.29 is 0 Å². The molecule has 0 aliphatic carbocycles. The molecular formula is C9H17N. The van der Waals surface area contributed by atoms with Gasteiger partial charge >= 0.3 is 0 Å². The van der Waals surface area contributed by atoms with E-state index >= 15 is 0 Å². The van der Waals surface area contributed by atoms with Gasteiger partial charge in [-0.15, -0.1) is 6.58 Å². The Labute approximate surface area is 63.8 Å². The lowest BCUT2D eigenvalue weighted by molar-refractivity contribution is 0.598. The van der Waals surface area contributed by atoms with Gasteiger partial charge in [-0.05, 0) is 12.6 Å². The quantitative estimate of drug-likeness (QED) is 0.557. The first-order valence-corrected chi connectivity index (χ1v) is 3.84. The third-order valence-corrected chi connectivity index (χ3v) is 1.49. The molecule has 1 nitrogen and oxygen atoms in total. The van der Waals surface area contributed by atoms with Crippen LogP contribution in [0.4, 0.5) is 0 Å². The highest BCUT2D eigenvalue weighted by Gasteiger charge is 1.97. The topological polar surface area (TPSA) is 12.0 Å². The predicted octanol–water partition coefficient (Wildman–Crippen LogP) is 2.46. The fourth-order valence-electron chi connectivity index (χ4n) is 0.845. The Morgan fingerprint density at radius 2 is 2.20 bits per heavy atom. The van der Waals surface area contributed by atoms with Gasteiger partial charge in [0.15, 0.2) is 0 Å². The Bertz CT molecular complexity index is 96.9. The average molecular weight is 139 g/mol. The summed E-state index contributed by atoms with van der Waals surface area (Å²) in [5, 5.41) is 3.11. The molecule has 1 unspecified atom stereocenters. The van der Waals surface area contributed by atoms with Crippen molar-refractivity contribution in [2.45, 2.75) is 32.2 Å². The van der Waals surface area contributed by atoms with Crippen molar-refractivity contribution in [1.29, 1.82) is 0 Å². The molecule has 0 aliphatic heterocycles. The van der Waals surface area contributed by atoms with Crippen LogP contribution in [0.2, 0.25) is 0 Å². The summed E-state index contributed by atoms with van der Waals surface area (Å²) in [6.45, 7) is 9.51. The van der Waals surface area contributed by atoms with Gasteiger partial charge in [0.1, 0.15) is 0 Å². The third kappa shape index (κ3) is 4.19. The lowest BCUT2D eigenvalue weighted by Crippen LogP contribution is -2.20. The van der Waals surface area contributed by atoms with Crippen LogP contribution < -0.4 is 5.32 Å². The van der Waals surface area contributed by atoms with Crippen LogP contribution in [0, 0.1) is 0 Å². The Balaban J connectivity index is 3.38. The molecule has 0 radical (unpaired) electrons. The van der Waals surface area contributed by atoms with E-state index in [9.17, 15) is 0 Å². The highest BCUT2D eigenvalue weighted by molar-refractivity contribution is 4.88. The van der Waals surface area contributed by atoms with E-state index < -0.39 is 0 Å².